The van der Waals surface area contributed by atoms with E-state index in [0.29, 0.717) is 22.5 Å². The van der Waals surface area contributed by atoms with Crippen LogP contribution in [0.15, 0.2) is 71.1 Å². The predicted molar refractivity (Wildman–Crippen MR) is 126 cm³/mol. The minimum atomic E-state index is -2.18. The van der Waals surface area contributed by atoms with Gasteiger partial charge in [0.2, 0.25) is 5.69 Å². The normalized spacial score (nSPS) is 13.0. The van der Waals surface area contributed by atoms with Crippen molar-refractivity contribution in [1.29, 1.82) is 0 Å². The molecule has 0 atom stereocenters. The minimum absolute atomic E-state index is 0.334. The van der Waals surface area contributed by atoms with E-state index < -0.39 is 6.85 Å². The first kappa shape index (κ1) is 15.9. The van der Waals surface area contributed by atoms with Crippen LogP contribution in [0.1, 0.15) is 20.9 Å². The van der Waals surface area contributed by atoms with Gasteiger partial charge in [0.15, 0.2) is 11.4 Å². The van der Waals surface area contributed by atoms with Crippen LogP contribution in [0.25, 0.3) is 49.2 Å². The van der Waals surface area contributed by atoms with Crippen LogP contribution in [0.2, 0.25) is 0 Å². The maximum atomic E-state index is 7.85. The molecule has 0 radical (unpaired) electrons. The second kappa shape index (κ2) is 7.11. The number of pyridine rings is 1. The van der Waals surface area contributed by atoms with Crippen LogP contribution in [-0.4, -0.2) is 0 Å². The number of rotatable bonds is 2. The Morgan fingerprint density at radius 3 is 2.48 bits per heavy atom. The van der Waals surface area contributed by atoms with Gasteiger partial charge in [0, 0.05) is 33.4 Å². The molecule has 3 heteroatoms. The van der Waals surface area contributed by atoms with Crippen LogP contribution in [0, 0.1) is 27.3 Å². The maximum absolute atomic E-state index is 7.85. The predicted octanol–water partition coefficient (Wildman–Crippen LogP) is 7.22. The molecule has 2 heterocycles. The van der Waals surface area contributed by atoms with E-state index in [2.05, 4.69) is 17.0 Å². The van der Waals surface area contributed by atoms with Crippen molar-refractivity contribution in [2.75, 3.05) is 0 Å². The van der Waals surface area contributed by atoms with Crippen molar-refractivity contribution < 1.29 is 13.1 Å². The lowest BCUT2D eigenvalue weighted by Gasteiger charge is -2.08. The van der Waals surface area contributed by atoms with Crippen molar-refractivity contribution in [2.45, 2.75) is 20.7 Å². The summed E-state index contributed by atoms with van der Waals surface area (Å²) in [7, 11) is 1.88. The average Bonchev–Trinajstić information content (AvgIpc) is 3.18. The first-order chi connectivity index (χ1) is 16.2. The number of hydrogen-bond acceptors (Lipinski definition) is 1. The Morgan fingerprint density at radius 1 is 0.968 bits per heavy atom. The number of aryl methyl sites for hydroxylation is 2. The van der Waals surface area contributed by atoms with Gasteiger partial charge in [-0.25, -0.2) is 4.85 Å². The molecule has 150 valence electrons. The van der Waals surface area contributed by atoms with Crippen molar-refractivity contribution in [1.82, 2.24) is 0 Å². The van der Waals surface area contributed by atoms with E-state index in [0.717, 1.165) is 44.3 Å². The summed E-state index contributed by atoms with van der Waals surface area (Å²) in [5, 5.41) is 1.93. The van der Waals surface area contributed by atoms with Gasteiger partial charge in [-0.3, -0.25) is 0 Å². The lowest BCUT2D eigenvalue weighted by molar-refractivity contribution is -0.667. The highest BCUT2D eigenvalue weighted by Crippen LogP contribution is 2.43. The summed E-state index contributed by atoms with van der Waals surface area (Å²) in [5.41, 5.74) is 7.72. The summed E-state index contributed by atoms with van der Waals surface area (Å²) in [5.74, 6) is 0. The Kier molecular flexibility index (Phi) is 3.64. The highest BCUT2D eigenvalue weighted by Gasteiger charge is 2.23. The molecule has 0 aliphatic carbocycles. The smallest absolute Gasteiger partial charge is 0.216 e. The van der Waals surface area contributed by atoms with E-state index in [-0.39, 0.29) is 0 Å². The van der Waals surface area contributed by atoms with Crippen LogP contribution < -0.4 is 4.57 Å². The van der Waals surface area contributed by atoms with E-state index in [1.54, 1.807) is 12.1 Å². The third-order valence-electron chi connectivity index (χ3n) is 6.07. The van der Waals surface area contributed by atoms with E-state index in [1.165, 1.54) is 0 Å². The summed E-state index contributed by atoms with van der Waals surface area (Å²) >= 11 is 0. The Bertz CT molecular complexity index is 1620. The number of fused-ring (bicyclic) bond motifs is 3. The van der Waals surface area contributed by atoms with E-state index in [4.69, 9.17) is 15.1 Å². The molecule has 0 N–H and O–H groups in total. The molecule has 0 bridgehead atoms. The van der Waals surface area contributed by atoms with E-state index in [9.17, 15) is 0 Å². The lowest BCUT2D eigenvalue weighted by atomic mass is 9.96. The van der Waals surface area contributed by atoms with Gasteiger partial charge in [0.25, 0.3) is 0 Å². The zero-order valence-corrected chi connectivity index (χ0v) is 17.7. The SMILES string of the molecule is [2H]C([2H])([2H])c1ccc(-c2c(C)ccc3c2oc2cc([N+]#[C-])cc(-c4ccccc4)c23)[n+](C)c1C. The fraction of sp³-hybridized carbons (Fsp3) is 0.143. The van der Waals surface area contributed by atoms with Crippen LogP contribution in [0.4, 0.5) is 5.69 Å². The summed E-state index contributed by atoms with van der Waals surface area (Å²) in [6, 6.07) is 21.4. The third kappa shape index (κ3) is 2.92. The molecule has 0 saturated heterocycles. The maximum Gasteiger partial charge on any atom is 0.216 e. The van der Waals surface area contributed by atoms with Crippen LogP contribution in [0.3, 0.4) is 0 Å². The molecule has 2 aromatic heterocycles. The summed E-state index contributed by atoms with van der Waals surface area (Å²) < 4.78 is 31.9. The Morgan fingerprint density at radius 2 is 1.74 bits per heavy atom. The first-order valence-electron chi connectivity index (χ1n) is 11.6. The zero-order chi connectivity index (χ0) is 24.2. The number of nitrogens with zero attached hydrogens (tertiary/aromatic N) is 2. The molecular weight excluding hydrogens is 380 g/mol. The molecule has 0 amide bonds. The summed E-state index contributed by atoms with van der Waals surface area (Å²) in [6.45, 7) is 9.25. The average molecular weight is 407 g/mol. The molecule has 5 aromatic rings. The Labute approximate surface area is 186 Å². The fourth-order valence-corrected chi connectivity index (χ4v) is 4.29. The van der Waals surface area contributed by atoms with E-state index in [1.807, 2.05) is 67.9 Å². The molecule has 0 aliphatic rings. The highest BCUT2D eigenvalue weighted by molar-refractivity contribution is 6.16. The van der Waals surface area contributed by atoms with Gasteiger partial charge in [0.05, 0.1) is 12.1 Å². The number of aromatic nitrogens is 1. The number of benzene rings is 3. The van der Waals surface area contributed by atoms with Crippen molar-refractivity contribution in [3.63, 3.8) is 0 Å². The first-order valence-corrected chi connectivity index (χ1v) is 10.1. The van der Waals surface area contributed by atoms with Crippen molar-refractivity contribution in [3.05, 3.63) is 95.0 Å². The topological polar surface area (TPSA) is 21.4 Å². The molecule has 3 aromatic carbocycles. The van der Waals surface area contributed by atoms with Crippen molar-refractivity contribution >= 4 is 27.6 Å². The fourth-order valence-electron chi connectivity index (χ4n) is 4.29. The monoisotopic (exact) mass is 406 g/mol. The van der Waals surface area contributed by atoms with Gasteiger partial charge in [-0.05, 0) is 48.7 Å². The molecule has 31 heavy (non-hydrogen) atoms. The Hall–Kier alpha value is -3.90. The molecule has 3 nitrogen and oxygen atoms in total. The van der Waals surface area contributed by atoms with Gasteiger partial charge in [-0.2, -0.15) is 4.57 Å². The minimum Gasteiger partial charge on any atom is -0.456 e. The molecule has 0 aliphatic heterocycles. The van der Waals surface area contributed by atoms with Gasteiger partial charge < -0.3 is 4.42 Å². The molecule has 0 fully saturated rings. The van der Waals surface area contributed by atoms with Crippen LogP contribution in [-0.2, 0) is 7.05 Å². The van der Waals surface area contributed by atoms with Gasteiger partial charge in [-0.1, -0.05) is 42.5 Å². The molecule has 0 spiro atoms. The highest BCUT2D eigenvalue weighted by atomic mass is 16.3. The molecule has 5 rings (SSSR count). The van der Waals surface area contributed by atoms with Crippen molar-refractivity contribution in [3.8, 4) is 22.4 Å². The second-order valence-corrected chi connectivity index (χ2v) is 7.86. The lowest BCUT2D eigenvalue weighted by Crippen LogP contribution is -2.35. The van der Waals surface area contributed by atoms with Crippen LogP contribution >= 0.6 is 0 Å². The summed E-state index contributed by atoms with van der Waals surface area (Å²) in [6.07, 6.45) is 0. The van der Waals surface area contributed by atoms with Crippen LogP contribution in [0.5, 0.6) is 0 Å². The Balaban J connectivity index is 1.87. The quantitative estimate of drug-likeness (QED) is 0.224. The standard InChI is InChI=1S/C28H23N2O/c1-17-12-14-24(30(5)19(17)3)26-18(2)11-13-22-27-23(20-9-7-6-8-10-20)15-21(29-4)16-25(27)31-28(22)26/h6-16H,1-3,5H3/q+1/i1D3. The van der Waals surface area contributed by atoms with Gasteiger partial charge >= 0.3 is 0 Å². The number of furan rings is 1. The molecule has 0 unspecified atom stereocenters. The number of hydrogen-bond donors (Lipinski definition) is 0. The summed E-state index contributed by atoms with van der Waals surface area (Å²) in [4.78, 5) is 3.67. The third-order valence-corrected chi connectivity index (χ3v) is 6.07. The van der Waals surface area contributed by atoms with Gasteiger partial charge in [-0.15, -0.1) is 0 Å². The van der Waals surface area contributed by atoms with Crippen molar-refractivity contribution in [2.24, 2.45) is 7.05 Å². The van der Waals surface area contributed by atoms with E-state index >= 15 is 0 Å². The molecule has 0 saturated carbocycles. The largest absolute Gasteiger partial charge is 0.456 e. The zero-order valence-electron chi connectivity index (χ0n) is 20.7. The second-order valence-electron chi connectivity index (χ2n) is 7.86. The van der Waals surface area contributed by atoms with Gasteiger partial charge in [0.1, 0.15) is 18.2 Å². The molecular formula is C28H23N2O+.